The molecule has 0 unspecified atom stereocenters. The quantitative estimate of drug-likeness (QED) is 0.669. The van der Waals surface area contributed by atoms with Crippen LogP contribution < -0.4 is 5.32 Å². The predicted octanol–water partition coefficient (Wildman–Crippen LogP) is 3.98. The van der Waals surface area contributed by atoms with E-state index in [0.29, 0.717) is 0 Å². The Bertz CT molecular complexity index is 503. The molecule has 0 atom stereocenters. The van der Waals surface area contributed by atoms with Crippen LogP contribution in [0.3, 0.4) is 0 Å². The summed E-state index contributed by atoms with van der Waals surface area (Å²) in [5, 5.41) is 14.4. The number of non-ortho nitro benzene ring substituents is 1. The van der Waals surface area contributed by atoms with Crippen LogP contribution in [-0.2, 0) is 0 Å². The van der Waals surface area contributed by atoms with E-state index in [4.69, 9.17) is 0 Å². The van der Waals surface area contributed by atoms with Gasteiger partial charge in [0.1, 0.15) is 0 Å². The second-order valence-electron chi connectivity index (χ2n) is 7.13. The third kappa shape index (κ3) is 1.98. The van der Waals surface area contributed by atoms with Crippen LogP contribution in [0.2, 0.25) is 0 Å². The summed E-state index contributed by atoms with van der Waals surface area (Å²) >= 11 is 0. The van der Waals surface area contributed by atoms with E-state index < -0.39 is 0 Å². The molecule has 1 N–H and O–H groups in total. The molecule has 20 heavy (non-hydrogen) atoms. The van der Waals surface area contributed by atoms with Crippen LogP contribution in [0, 0.1) is 27.9 Å². The Kier molecular flexibility index (Phi) is 2.56. The highest BCUT2D eigenvalue weighted by Crippen LogP contribution is 2.56. The van der Waals surface area contributed by atoms with Crippen molar-refractivity contribution < 1.29 is 4.92 Å². The molecule has 1 aromatic rings. The predicted molar refractivity (Wildman–Crippen MR) is 77.6 cm³/mol. The number of nitro benzene ring substituents is 1. The molecule has 4 fully saturated rings. The first-order chi connectivity index (χ1) is 9.62. The Balaban J connectivity index is 1.55. The lowest BCUT2D eigenvalue weighted by Gasteiger charge is -2.57. The summed E-state index contributed by atoms with van der Waals surface area (Å²) in [6, 6.07) is 6.92. The summed E-state index contributed by atoms with van der Waals surface area (Å²) in [5.41, 5.74) is 1.48. The third-order valence-corrected chi connectivity index (χ3v) is 5.53. The molecule has 4 aliphatic rings. The molecular formula is C16H20N2O2. The van der Waals surface area contributed by atoms with Crippen LogP contribution in [0.15, 0.2) is 24.3 Å². The molecular weight excluding hydrogens is 252 g/mol. The van der Waals surface area contributed by atoms with Gasteiger partial charge >= 0.3 is 0 Å². The second kappa shape index (κ2) is 4.21. The van der Waals surface area contributed by atoms with Crippen molar-refractivity contribution in [3.05, 3.63) is 34.4 Å². The Morgan fingerprint density at radius 3 is 1.95 bits per heavy atom. The van der Waals surface area contributed by atoms with Gasteiger partial charge in [-0.1, -0.05) is 0 Å². The fraction of sp³-hybridized carbons (Fsp3) is 0.625. The molecule has 0 radical (unpaired) electrons. The van der Waals surface area contributed by atoms with Gasteiger partial charge in [0.15, 0.2) is 0 Å². The van der Waals surface area contributed by atoms with Crippen LogP contribution in [0.5, 0.6) is 0 Å². The maximum Gasteiger partial charge on any atom is 0.269 e. The number of benzene rings is 1. The van der Waals surface area contributed by atoms with Crippen molar-refractivity contribution in [1.82, 2.24) is 0 Å². The van der Waals surface area contributed by atoms with Gasteiger partial charge in [0.25, 0.3) is 5.69 Å². The van der Waals surface area contributed by atoms with Crippen LogP contribution in [0.4, 0.5) is 11.4 Å². The van der Waals surface area contributed by atoms with Gasteiger partial charge in [0.2, 0.25) is 0 Å². The van der Waals surface area contributed by atoms with Gasteiger partial charge in [-0.3, -0.25) is 10.1 Å². The van der Waals surface area contributed by atoms with E-state index in [1.165, 1.54) is 38.5 Å². The largest absolute Gasteiger partial charge is 0.380 e. The average Bonchev–Trinajstić information content (AvgIpc) is 2.37. The molecule has 0 aromatic heterocycles. The van der Waals surface area contributed by atoms with E-state index >= 15 is 0 Å². The highest BCUT2D eigenvalue weighted by atomic mass is 16.6. The first kappa shape index (κ1) is 12.2. The summed E-state index contributed by atoms with van der Waals surface area (Å²) < 4.78 is 0. The second-order valence-corrected chi connectivity index (χ2v) is 7.13. The van der Waals surface area contributed by atoms with Gasteiger partial charge in [-0.05, 0) is 68.4 Å². The molecule has 4 saturated carbocycles. The highest BCUT2D eigenvalue weighted by molar-refractivity contribution is 5.50. The van der Waals surface area contributed by atoms with Gasteiger partial charge in [-0.2, -0.15) is 0 Å². The van der Waals surface area contributed by atoms with Gasteiger partial charge in [0, 0.05) is 23.4 Å². The molecule has 5 rings (SSSR count). The van der Waals surface area contributed by atoms with Crippen molar-refractivity contribution in [3.63, 3.8) is 0 Å². The number of nitro groups is 1. The summed E-state index contributed by atoms with van der Waals surface area (Å²) in [6.45, 7) is 0. The Morgan fingerprint density at radius 1 is 1.00 bits per heavy atom. The van der Waals surface area contributed by atoms with Crippen molar-refractivity contribution in [1.29, 1.82) is 0 Å². The van der Waals surface area contributed by atoms with Crippen LogP contribution in [0.25, 0.3) is 0 Å². The monoisotopic (exact) mass is 272 g/mol. The normalized spacial score (nSPS) is 37.9. The molecule has 4 aliphatic carbocycles. The fourth-order valence-corrected chi connectivity index (χ4v) is 5.24. The van der Waals surface area contributed by atoms with E-state index in [-0.39, 0.29) is 16.1 Å². The van der Waals surface area contributed by atoms with Gasteiger partial charge in [0.05, 0.1) is 4.92 Å². The zero-order chi connectivity index (χ0) is 13.7. The lowest BCUT2D eigenvalue weighted by atomic mass is 9.53. The molecule has 4 heteroatoms. The Hall–Kier alpha value is -1.58. The minimum absolute atomic E-state index is 0.168. The number of anilines is 1. The van der Waals surface area contributed by atoms with E-state index in [1.807, 2.05) is 12.1 Å². The number of hydrogen-bond donors (Lipinski definition) is 1. The van der Waals surface area contributed by atoms with Gasteiger partial charge < -0.3 is 5.32 Å². The van der Waals surface area contributed by atoms with Crippen molar-refractivity contribution >= 4 is 11.4 Å². The number of hydrogen-bond acceptors (Lipinski definition) is 3. The van der Waals surface area contributed by atoms with Crippen molar-refractivity contribution in [2.75, 3.05) is 5.32 Å². The average molecular weight is 272 g/mol. The van der Waals surface area contributed by atoms with Crippen LogP contribution in [-0.4, -0.2) is 10.5 Å². The molecule has 4 nitrogen and oxygen atoms in total. The molecule has 106 valence electrons. The maximum atomic E-state index is 10.7. The van der Waals surface area contributed by atoms with E-state index in [9.17, 15) is 10.1 Å². The Labute approximate surface area is 118 Å². The first-order valence-corrected chi connectivity index (χ1v) is 7.65. The SMILES string of the molecule is O=[N+]([O-])c1ccc(NC23CC4CC(CC(C4)C2)C3)cc1. The fourth-order valence-electron chi connectivity index (χ4n) is 5.24. The minimum Gasteiger partial charge on any atom is -0.380 e. The minimum atomic E-state index is -0.339. The summed E-state index contributed by atoms with van der Waals surface area (Å²) in [4.78, 5) is 10.4. The molecule has 0 amide bonds. The summed E-state index contributed by atoms with van der Waals surface area (Å²) in [5.74, 6) is 2.73. The zero-order valence-electron chi connectivity index (χ0n) is 11.5. The number of nitrogens with zero attached hydrogens (tertiary/aromatic N) is 1. The molecule has 0 aliphatic heterocycles. The van der Waals surface area contributed by atoms with Gasteiger partial charge in [-0.15, -0.1) is 0 Å². The summed E-state index contributed by atoms with van der Waals surface area (Å²) in [7, 11) is 0. The van der Waals surface area contributed by atoms with Crippen LogP contribution >= 0.6 is 0 Å². The maximum absolute atomic E-state index is 10.7. The molecule has 0 spiro atoms. The third-order valence-electron chi connectivity index (χ3n) is 5.53. The smallest absolute Gasteiger partial charge is 0.269 e. The lowest BCUT2D eigenvalue weighted by molar-refractivity contribution is -0.384. The standard InChI is InChI=1S/C16H20N2O2/c19-18(20)15-3-1-14(2-4-15)17-16-8-11-5-12(9-16)7-13(6-11)10-16/h1-4,11-13,17H,5-10H2. The lowest BCUT2D eigenvalue weighted by Crippen LogP contribution is -2.54. The number of rotatable bonds is 3. The molecule has 0 saturated heterocycles. The van der Waals surface area contributed by atoms with E-state index in [0.717, 1.165) is 23.4 Å². The Morgan fingerprint density at radius 2 is 1.50 bits per heavy atom. The molecule has 4 bridgehead atoms. The van der Waals surface area contributed by atoms with Crippen molar-refractivity contribution in [3.8, 4) is 0 Å². The van der Waals surface area contributed by atoms with Crippen molar-refractivity contribution in [2.45, 2.75) is 44.1 Å². The highest BCUT2D eigenvalue weighted by Gasteiger charge is 2.50. The summed E-state index contributed by atoms with van der Waals surface area (Å²) in [6.07, 6.45) is 8.16. The topological polar surface area (TPSA) is 55.2 Å². The van der Waals surface area contributed by atoms with Crippen molar-refractivity contribution in [2.24, 2.45) is 17.8 Å². The van der Waals surface area contributed by atoms with E-state index in [2.05, 4.69) is 5.32 Å². The molecule has 0 heterocycles. The number of nitrogens with one attached hydrogen (secondary N) is 1. The first-order valence-electron chi connectivity index (χ1n) is 7.65. The zero-order valence-corrected chi connectivity index (χ0v) is 11.5. The van der Waals surface area contributed by atoms with Gasteiger partial charge in [-0.25, -0.2) is 0 Å². The molecule has 1 aromatic carbocycles. The van der Waals surface area contributed by atoms with Crippen LogP contribution in [0.1, 0.15) is 38.5 Å². The van der Waals surface area contributed by atoms with E-state index in [1.54, 1.807) is 12.1 Å².